The Bertz CT molecular complexity index is 957. The molecule has 0 atom stereocenters. The molecule has 0 N–H and O–H groups in total. The van der Waals surface area contributed by atoms with Crippen molar-refractivity contribution in [2.75, 3.05) is 0 Å². The minimum Gasteiger partial charge on any atom is -0.317 e. The summed E-state index contributed by atoms with van der Waals surface area (Å²) in [4.78, 5) is 9.90. The maximum Gasteiger partial charge on any atom is 0.124 e. The predicted molar refractivity (Wildman–Crippen MR) is 110 cm³/mol. The monoisotopic (exact) mass is 416 g/mol. The molecular weight excluding hydrogens is 399 g/mol. The fourth-order valence-corrected chi connectivity index (χ4v) is 4.64. The first-order valence-electron chi connectivity index (χ1n) is 8.47. The molecule has 2 aromatic heterocycles. The van der Waals surface area contributed by atoms with Crippen LogP contribution in [0.2, 0.25) is 10.0 Å². The Morgan fingerprint density at radius 3 is 2.56 bits per heavy atom. The van der Waals surface area contributed by atoms with Gasteiger partial charge in [0.1, 0.15) is 10.9 Å². The standard InChI is InChI=1S/C20H18Cl2N4S/c1-13(2)19-20(27-17-9-15(21)8-16(22)10-17)26(18(25-19)5-6-23)12-14-4-3-7-24-11-14/h3-4,7-11,13H,5,12H2,1-2H3. The number of imidazole rings is 1. The van der Waals surface area contributed by atoms with E-state index in [1.54, 1.807) is 24.0 Å². The van der Waals surface area contributed by atoms with Crippen molar-refractivity contribution in [3.05, 3.63) is 69.9 Å². The molecule has 0 bridgehead atoms. The topological polar surface area (TPSA) is 54.5 Å². The van der Waals surface area contributed by atoms with Crippen molar-refractivity contribution in [1.29, 1.82) is 5.26 Å². The SMILES string of the molecule is CC(C)c1nc(CC#N)n(Cc2cccnc2)c1Sc1cc(Cl)cc(Cl)c1. The molecule has 3 rings (SSSR count). The third kappa shape index (κ3) is 4.84. The van der Waals surface area contributed by atoms with E-state index in [2.05, 4.69) is 29.5 Å². The molecule has 2 heterocycles. The van der Waals surface area contributed by atoms with Crippen LogP contribution in [0.3, 0.4) is 0 Å². The second-order valence-corrected chi connectivity index (χ2v) is 8.30. The summed E-state index contributed by atoms with van der Waals surface area (Å²) in [6.45, 7) is 4.80. The maximum atomic E-state index is 9.25. The van der Waals surface area contributed by atoms with Crippen LogP contribution in [0.25, 0.3) is 0 Å². The van der Waals surface area contributed by atoms with E-state index in [1.807, 2.05) is 30.5 Å². The van der Waals surface area contributed by atoms with Gasteiger partial charge in [-0.3, -0.25) is 4.98 Å². The summed E-state index contributed by atoms with van der Waals surface area (Å²) < 4.78 is 2.09. The van der Waals surface area contributed by atoms with Gasteiger partial charge >= 0.3 is 0 Å². The highest BCUT2D eigenvalue weighted by Crippen LogP contribution is 2.37. The second-order valence-electron chi connectivity index (χ2n) is 6.36. The van der Waals surface area contributed by atoms with Gasteiger partial charge in [-0.1, -0.05) is 54.9 Å². The second kappa shape index (κ2) is 8.79. The van der Waals surface area contributed by atoms with E-state index in [0.29, 0.717) is 16.6 Å². The number of aromatic nitrogens is 3. The summed E-state index contributed by atoms with van der Waals surface area (Å²) >= 11 is 13.9. The molecule has 0 amide bonds. The van der Waals surface area contributed by atoms with Crippen molar-refractivity contribution in [2.45, 2.75) is 42.7 Å². The molecule has 7 heteroatoms. The Labute approximate surface area is 173 Å². The fourth-order valence-electron chi connectivity index (χ4n) is 2.73. The van der Waals surface area contributed by atoms with Crippen LogP contribution >= 0.6 is 35.0 Å². The average molecular weight is 417 g/mol. The van der Waals surface area contributed by atoms with Crippen LogP contribution in [0.5, 0.6) is 0 Å². The molecule has 0 aliphatic rings. The molecule has 0 unspecified atom stereocenters. The van der Waals surface area contributed by atoms with Crippen LogP contribution in [0.1, 0.15) is 36.8 Å². The summed E-state index contributed by atoms with van der Waals surface area (Å²) in [6.07, 6.45) is 3.82. The van der Waals surface area contributed by atoms with Gasteiger partial charge in [0.05, 0.1) is 24.7 Å². The zero-order valence-electron chi connectivity index (χ0n) is 15.0. The minimum absolute atomic E-state index is 0.217. The first-order chi connectivity index (χ1) is 13.0. The van der Waals surface area contributed by atoms with Crippen LogP contribution in [-0.4, -0.2) is 14.5 Å². The van der Waals surface area contributed by atoms with E-state index in [9.17, 15) is 5.26 Å². The van der Waals surface area contributed by atoms with Gasteiger partial charge in [0.2, 0.25) is 0 Å². The van der Waals surface area contributed by atoms with Crippen molar-refractivity contribution in [3.63, 3.8) is 0 Å². The van der Waals surface area contributed by atoms with E-state index in [1.165, 1.54) is 0 Å². The van der Waals surface area contributed by atoms with Gasteiger partial charge in [0.25, 0.3) is 0 Å². The molecule has 0 saturated heterocycles. The lowest BCUT2D eigenvalue weighted by atomic mass is 10.1. The zero-order valence-corrected chi connectivity index (χ0v) is 17.3. The highest BCUT2D eigenvalue weighted by Gasteiger charge is 2.21. The van der Waals surface area contributed by atoms with Crippen molar-refractivity contribution in [1.82, 2.24) is 14.5 Å². The van der Waals surface area contributed by atoms with Crippen molar-refractivity contribution in [3.8, 4) is 6.07 Å². The Balaban J connectivity index is 2.09. The summed E-state index contributed by atoms with van der Waals surface area (Å²) in [5, 5.41) is 11.4. The summed E-state index contributed by atoms with van der Waals surface area (Å²) in [5.41, 5.74) is 2.01. The quantitative estimate of drug-likeness (QED) is 0.496. The van der Waals surface area contributed by atoms with E-state index >= 15 is 0 Å². The van der Waals surface area contributed by atoms with E-state index < -0.39 is 0 Å². The largest absolute Gasteiger partial charge is 0.317 e. The summed E-state index contributed by atoms with van der Waals surface area (Å²) in [5.74, 6) is 0.968. The average Bonchev–Trinajstić information content (AvgIpc) is 2.93. The number of hydrogen-bond donors (Lipinski definition) is 0. The fraction of sp³-hybridized carbons (Fsp3) is 0.250. The van der Waals surface area contributed by atoms with Crippen LogP contribution in [0, 0.1) is 11.3 Å². The number of hydrogen-bond acceptors (Lipinski definition) is 4. The van der Waals surface area contributed by atoms with Crippen LogP contribution in [-0.2, 0) is 13.0 Å². The molecule has 4 nitrogen and oxygen atoms in total. The normalized spacial score (nSPS) is 11.0. The van der Waals surface area contributed by atoms with Gasteiger partial charge in [-0.05, 0) is 35.7 Å². The van der Waals surface area contributed by atoms with Crippen molar-refractivity contribution >= 4 is 35.0 Å². The van der Waals surface area contributed by atoms with E-state index in [4.69, 9.17) is 28.2 Å². The lowest BCUT2D eigenvalue weighted by molar-refractivity contribution is 0.679. The van der Waals surface area contributed by atoms with E-state index in [0.717, 1.165) is 27.0 Å². The number of rotatable bonds is 6. The molecule has 0 saturated carbocycles. The van der Waals surface area contributed by atoms with Gasteiger partial charge in [0, 0.05) is 27.3 Å². The number of nitrogens with zero attached hydrogens (tertiary/aromatic N) is 4. The maximum absolute atomic E-state index is 9.25. The molecule has 0 fully saturated rings. The highest BCUT2D eigenvalue weighted by atomic mass is 35.5. The van der Waals surface area contributed by atoms with Crippen LogP contribution < -0.4 is 0 Å². The molecule has 0 radical (unpaired) electrons. The molecule has 0 aliphatic carbocycles. The number of halogens is 2. The lowest BCUT2D eigenvalue weighted by Crippen LogP contribution is -2.06. The summed E-state index contributed by atoms with van der Waals surface area (Å²) in [7, 11) is 0. The first kappa shape index (κ1) is 19.8. The summed E-state index contributed by atoms with van der Waals surface area (Å²) in [6, 6.07) is 11.6. The molecule has 138 valence electrons. The zero-order chi connectivity index (χ0) is 19.4. The van der Waals surface area contributed by atoms with Crippen LogP contribution in [0.15, 0.2) is 52.6 Å². The molecule has 27 heavy (non-hydrogen) atoms. The third-order valence-electron chi connectivity index (χ3n) is 3.92. The molecule has 3 aromatic rings. The lowest BCUT2D eigenvalue weighted by Gasteiger charge is -2.13. The van der Waals surface area contributed by atoms with Gasteiger partial charge in [-0.2, -0.15) is 5.26 Å². The molecule has 0 spiro atoms. The van der Waals surface area contributed by atoms with Crippen molar-refractivity contribution in [2.24, 2.45) is 0 Å². The van der Waals surface area contributed by atoms with Gasteiger partial charge in [-0.15, -0.1) is 0 Å². The Kier molecular flexibility index (Phi) is 6.43. The smallest absolute Gasteiger partial charge is 0.124 e. The molecule has 1 aromatic carbocycles. The van der Waals surface area contributed by atoms with Crippen LogP contribution in [0.4, 0.5) is 0 Å². The first-order valence-corrected chi connectivity index (χ1v) is 10.0. The number of pyridine rings is 1. The van der Waals surface area contributed by atoms with E-state index in [-0.39, 0.29) is 12.3 Å². The number of nitriles is 1. The van der Waals surface area contributed by atoms with Gasteiger partial charge < -0.3 is 4.57 Å². The number of benzene rings is 1. The van der Waals surface area contributed by atoms with Gasteiger partial charge in [-0.25, -0.2) is 4.98 Å². The minimum atomic E-state index is 0.217. The third-order valence-corrected chi connectivity index (χ3v) is 5.45. The highest BCUT2D eigenvalue weighted by molar-refractivity contribution is 7.99. The molecular formula is C20H18Cl2N4S. The Hall–Kier alpha value is -2.00. The molecule has 0 aliphatic heterocycles. The Morgan fingerprint density at radius 2 is 1.96 bits per heavy atom. The van der Waals surface area contributed by atoms with Gasteiger partial charge in [0.15, 0.2) is 0 Å². The Morgan fingerprint density at radius 1 is 1.22 bits per heavy atom. The van der Waals surface area contributed by atoms with Crippen molar-refractivity contribution < 1.29 is 0 Å². The predicted octanol–water partition coefficient (Wildman–Crippen LogP) is 5.97.